The summed E-state index contributed by atoms with van der Waals surface area (Å²) >= 11 is 1.79. The Labute approximate surface area is 95.8 Å². The first kappa shape index (κ1) is 10.8. The van der Waals surface area contributed by atoms with Gasteiger partial charge in [-0.2, -0.15) is 0 Å². The molecular formula is C12H18N2S. The van der Waals surface area contributed by atoms with Crippen LogP contribution in [-0.2, 0) is 0 Å². The van der Waals surface area contributed by atoms with E-state index >= 15 is 0 Å². The van der Waals surface area contributed by atoms with Gasteiger partial charge in [-0.05, 0) is 56.5 Å². The molecule has 1 aliphatic rings. The molecule has 1 saturated heterocycles. The molecule has 2 nitrogen and oxygen atoms in total. The molecule has 0 unspecified atom stereocenters. The number of rotatable bonds is 3. The van der Waals surface area contributed by atoms with Crippen LogP contribution >= 0.6 is 11.8 Å². The van der Waals surface area contributed by atoms with Crippen molar-refractivity contribution in [3.8, 4) is 0 Å². The Balaban J connectivity index is 1.91. The standard InChI is InChI=1S/C12H18N2S/c1-15-12-4-2-10(3-5-12)14-11-6-8-13-9-7-11/h2-5,11,13-14H,6-9H2,1H3. The van der Waals surface area contributed by atoms with Crippen LogP contribution in [0.1, 0.15) is 12.8 Å². The van der Waals surface area contributed by atoms with Gasteiger partial charge in [-0.15, -0.1) is 11.8 Å². The van der Waals surface area contributed by atoms with Crippen molar-refractivity contribution < 1.29 is 0 Å². The van der Waals surface area contributed by atoms with Gasteiger partial charge in [0.1, 0.15) is 0 Å². The Morgan fingerprint density at radius 3 is 2.47 bits per heavy atom. The topological polar surface area (TPSA) is 24.1 Å². The molecule has 1 aromatic carbocycles. The minimum Gasteiger partial charge on any atom is -0.382 e. The monoisotopic (exact) mass is 222 g/mol. The second-order valence-corrected chi connectivity index (χ2v) is 4.78. The van der Waals surface area contributed by atoms with Crippen LogP contribution in [0.4, 0.5) is 5.69 Å². The normalized spacial score (nSPS) is 17.7. The highest BCUT2D eigenvalue weighted by Crippen LogP contribution is 2.19. The van der Waals surface area contributed by atoms with E-state index in [1.165, 1.54) is 23.4 Å². The second-order valence-electron chi connectivity index (χ2n) is 3.90. The van der Waals surface area contributed by atoms with E-state index in [0.29, 0.717) is 6.04 Å². The third-order valence-electron chi connectivity index (χ3n) is 2.80. The summed E-state index contributed by atoms with van der Waals surface area (Å²) in [6.45, 7) is 2.28. The molecule has 82 valence electrons. The zero-order chi connectivity index (χ0) is 10.5. The van der Waals surface area contributed by atoms with Crippen LogP contribution in [0.25, 0.3) is 0 Å². The quantitative estimate of drug-likeness (QED) is 0.769. The minimum absolute atomic E-state index is 0.645. The fraction of sp³-hybridized carbons (Fsp3) is 0.500. The van der Waals surface area contributed by atoms with Crippen LogP contribution in [-0.4, -0.2) is 25.4 Å². The van der Waals surface area contributed by atoms with Gasteiger partial charge in [0.05, 0.1) is 0 Å². The lowest BCUT2D eigenvalue weighted by molar-refractivity contribution is 0.479. The maximum atomic E-state index is 3.58. The largest absolute Gasteiger partial charge is 0.382 e. The summed E-state index contributed by atoms with van der Waals surface area (Å²) in [5, 5.41) is 6.96. The van der Waals surface area contributed by atoms with E-state index in [1.54, 1.807) is 11.8 Å². The molecule has 0 saturated carbocycles. The Kier molecular flexibility index (Phi) is 3.92. The zero-order valence-electron chi connectivity index (χ0n) is 9.12. The lowest BCUT2D eigenvalue weighted by atomic mass is 10.1. The molecular weight excluding hydrogens is 204 g/mol. The summed E-state index contributed by atoms with van der Waals surface area (Å²) in [7, 11) is 0. The van der Waals surface area contributed by atoms with Crippen LogP contribution in [0.2, 0.25) is 0 Å². The molecule has 0 spiro atoms. The molecule has 1 fully saturated rings. The Hall–Kier alpha value is -0.670. The molecule has 1 heterocycles. The third kappa shape index (κ3) is 3.14. The molecule has 0 radical (unpaired) electrons. The van der Waals surface area contributed by atoms with Crippen molar-refractivity contribution in [3.63, 3.8) is 0 Å². The Bertz CT molecular complexity index is 291. The second kappa shape index (κ2) is 5.42. The van der Waals surface area contributed by atoms with E-state index in [1.807, 2.05) is 0 Å². The van der Waals surface area contributed by atoms with Crippen LogP contribution < -0.4 is 10.6 Å². The van der Waals surface area contributed by atoms with Crippen molar-refractivity contribution >= 4 is 17.4 Å². The number of hydrogen-bond donors (Lipinski definition) is 2. The van der Waals surface area contributed by atoms with Gasteiger partial charge >= 0.3 is 0 Å². The fourth-order valence-electron chi connectivity index (χ4n) is 1.89. The number of nitrogens with one attached hydrogen (secondary N) is 2. The van der Waals surface area contributed by atoms with Gasteiger partial charge in [0, 0.05) is 16.6 Å². The highest BCUT2D eigenvalue weighted by molar-refractivity contribution is 7.98. The number of thioether (sulfide) groups is 1. The summed E-state index contributed by atoms with van der Waals surface area (Å²) in [5.41, 5.74) is 1.25. The van der Waals surface area contributed by atoms with Gasteiger partial charge in [-0.3, -0.25) is 0 Å². The van der Waals surface area contributed by atoms with Gasteiger partial charge < -0.3 is 10.6 Å². The first-order chi connectivity index (χ1) is 7.38. The molecule has 0 aromatic heterocycles. The average molecular weight is 222 g/mol. The number of benzene rings is 1. The van der Waals surface area contributed by atoms with Crippen molar-refractivity contribution in [3.05, 3.63) is 24.3 Å². The van der Waals surface area contributed by atoms with Crippen molar-refractivity contribution in [2.75, 3.05) is 24.7 Å². The molecule has 2 rings (SSSR count). The smallest absolute Gasteiger partial charge is 0.0343 e. The molecule has 3 heteroatoms. The van der Waals surface area contributed by atoms with Crippen molar-refractivity contribution in [1.82, 2.24) is 5.32 Å². The Morgan fingerprint density at radius 2 is 1.87 bits per heavy atom. The highest BCUT2D eigenvalue weighted by Gasteiger charge is 2.11. The van der Waals surface area contributed by atoms with E-state index in [9.17, 15) is 0 Å². The van der Waals surface area contributed by atoms with Gasteiger partial charge in [0.15, 0.2) is 0 Å². The van der Waals surface area contributed by atoms with E-state index in [0.717, 1.165) is 13.1 Å². The summed E-state index contributed by atoms with van der Waals surface area (Å²) in [6.07, 6.45) is 4.56. The summed E-state index contributed by atoms with van der Waals surface area (Å²) in [4.78, 5) is 1.32. The van der Waals surface area contributed by atoms with E-state index in [4.69, 9.17) is 0 Å². The predicted octanol–water partition coefficient (Wildman–Crippen LogP) is 2.57. The predicted molar refractivity (Wildman–Crippen MR) is 67.7 cm³/mol. The fourth-order valence-corrected chi connectivity index (χ4v) is 2.30. The molecule has 1 aromatic rings. The molecule has 1 aliphatic heterocycles. The number of anilines is 1. The van der Waals surface area contributed by atoms with Crippen molar-refractivity contribution in [1.29, 1.82) is 0 Å². The zero-order valence-corrected chi connectivity index (χ0v) is 9.94. The Morgan fingerprint density at radius 1 is 1.20 bits per heavy atom. The van der Waals surface area contributed by atoms with Gasteiger partial charge in [-0.1, -0.05) is 0 Å². The van der Waals surface area contributed by atoms with Crippen LogP contribution in [0.3, 0.4) is 0 Å². The lowest BCUT2D eigenvalue weighted by Crippen LogP contribution is -2.35. The maximum absolute atomic E-state index is 3.58. The van der Waals surface area contributed by atoms with Crippen molar-refractivity contribution in [2.24, 2.45) is 0 Å². The molecule has 2 N–H and O–H groups in total. The van der Waals surface area contributed by atoms with Gasteiger partial charge in [0.25, 0.3) is 0 Å². The first-order valence-corrected chi connectivity index (χ1v) is 6.72. The molecule has 0 aliphatic carbocycles. The molecule has 15 heavy (non-hydrogen) atoms. The number of hydrogen-bond acceptors (Lipinski definition) is 3. The van der Waals surface area contributed by atoms with Gasteiger partial charge in [-0.25, -0.2) is 0 Å². The molecule has 0 atom stereocenters. The van der Waals surface area contributed by atoms with E-state index in [-0.39, 0.29) is 0 Å². The average Bonchev–Trinajstić information content (AvgIpc) is 2.31. The lowest BCUT2D eigenvalue weighted by Gasteiger charge is -2.24. The van der Waals surface area contributed by atoms with Crippen LogP contribution in [0.5, 0.6) is 0 Å². The van der Waals surface area contributed by atoms with Crippen LogP contribution in [0.15, 0.2) is 29.2 Å². The van der Waals surface area contributed by atoms with E-state index < -0.39 is 0 Å². The number of piperidine rings is 1. The maximum Gasteiger partial charge on any atom is 0.0343 e. The third-order valence-corrected chi connectivity index (χ3v) is 3.54. The summed E-state index contributed by atoms with van der Waals surface area (Å²) < 4.78 is 0. The SMILES string of the molecule is CSc1ccc(NC2CCNCC2)cc1. The minimum atomic E-state index is 0.645. The van der Waals surface area contributed by atoms with E-state index in [2.05, 4.69) is 41.2 Å². The first-order valence-electron chi connectivity index (χ1n) is 5.50. The molecule has 0 amide bonds. The molecule has 0 bridgehead atoms. The van der Waals surface area contributed by atoms with Crippen LogP contribution in [0, 0.1) is 0 Å². The summed E-state index contributed by atoms with van der Waals surface area (Å²) in [5.74, 6) is 0. The van der Waals surface area contributed by atoms with Crippen molar-refractivity contribution in [2.45, 2.75) is 23.8 Å². The summed E-state index contributed by atoms with van der Waals surface area (Å²) in [6, 6.07) is 9.34. The van der Waals surface area contributed by atoms with Gasteiger partial charge in [0.2, 0.25) is 0 Å². The highest BCUT2D eigenvalue weighted by atomic mass is 32.2.